The van der Waals surface area contributed by atoms with Gasteiger partial charge >= 0.3 is 5.97 Å². The maximum Gasteiger partial charge on any atom is 0.339 e. The van der Waals surface area contributed by atoms with Crippen molar-refractivity contribution in [2.75, 3.05) is 0 Å². The molecule has 2 rings (SSSR count). The first kappa shape index (κ1) is 14.2. The van der Waals surface area contributed by atoms with Gasteiger partial charge < -0.3 is 15.3 Å². The van der Waals surface area contributed by atoms with Crippen LogP contribution < -0.4 is 0 Å². The van der Waals surface area contributed by atoms with Crippen LogP contribution in [0.4, 0.5) is 0 Å². The molecule has 0 saturated heterocycles. The lowest BCUT2D eigenvalue weighted by atomic mass is 9.90. The number of phenols is 2. The second-order valence-corrected chi connectivity index (χ2v) is 4.91. The molecule has 0 fully saturated rings. The summed E-state index contributed by atoms with van der Waals surface area (Å²) in [7, 11) is 0. The van der Waals surface area contributed by atoms with Gasteiger partial charge in [-0.25, -0.2) is 4.79 Å². The lowest BCUT2D eigenvalue weighted by molar-refractivity contribution is 0.0693. The highest BCUT2D eigenvalue weighted by atomic mass is 35.5. The van der Waals surface area contributed by atoms with Crippen LogP contribution in [0.25, 0.3) is 0 Å². The van der Waals surface area contributed by atoms with Crippen LogP contribution in [0, 0.1) is 0 Å². The van der Waals surface area contributed by atoms with Crippen molar-refractivity contribution < 1.29 is 20.1 Å². The van der Waals surface area contributed by atoms with Gasteiger partial charge in [0, 0.05) is 16.5 Å². The van der Waals surface area contributed by atoms with Crippen molar-refractivity contribution >= 4 is 17.6 Å². The first-order valence-corrected chi connectivity index (χ1v) is 6.33. The van der Waals surface area contributed by atoms with Crippen molar-refractivity contribution in [2.24, 2.45) is 0 Å². The second kappa shape index (κ2) is 5.43. The van der Waals surface area contributed by atoms with Gasteiger partial charge in [0.15, 0.2) is 0 Å². The Bertz CT molecular complexity index is 650. The van der Waals surface area contributed by atoms with E-state index in [2.05, 4.69) is 0 Å². The van der Waals surface area contributed by atoms with Gasteiger partial charge in [-0.15, -0.1) is 0 Å². The molecule has 1 atom stereocenters. The average molecular weight is 293 g/mol. The summed E-state index contributed by atoms with van der Waals surface area (Å²) in [6.07, 6.45) is 0. The van der Waals surface area contributed by atoms with E-state index >= 15 is 0 Å². The molecule has 20 heavy (non-hydrogen) atoms. The smallest absolute Gasteiger partial charge is 0.339 e. The monoisotopic (exact) mass is 292 g/mol. The van der Waals surface area contributed by atoms with Crippen molar-refractivity contribution in [3.8, 4) is 11.5 Å². The Morgan fingerprint density at radius 2 is 1.70 bits per heavy atom. The summed E-state index contributed by atoms with van der Waals surface area (Å²) in [6.45, 7) is 1.77. The van der Waals surface area contributed by atoms with Crippen LogP contribution >= 0.6 is 11.6 Å². The Balaban J connectivity index is 2.54. The number of benzene rings is 2. The van der Waals surface area contributed by atoms with Crippen LogP contribution in [-0.4, -0.2) is 21.3 Å². The molecule has 2 aromatic carbocycles. The molecule has 2 aromatic rings. The lowest BCUT2D eigenvalue weighted by Crippen LogP contribution is -2.03. The zero-order chi connectivity index (χ0) is 14.9. The number of hydrogen-bond acceptors (Lipinski definition) is 3. The van der Waals surface area contributed by atoms with E-state index in [0.717, 1.165) is 5.56 Å². The molecule has 0 aromatic heterocycles. The van der Waals surface area contributed by atoms with Crippen LogP contribution in [0.5, 0.6) is 11.5 Å². The summed E-state index contributed by atoms with van der Waals surface area (Å²) in [4.78, 5) is 11.0. The largest absolute Gasteiger partial charge is 0.508 e. The maximum absolute atomic E-state index is 11.0. The van der Waals surface area contributed by atoms with Crippen LogP contribution in [-0.2, 0) is 0 Å². The van der Waals surface area contributed by atoms with E-state index in [0.29, 0.717) is 5.02 Å². The van der Waals surface area contributed by atoms with Crippen LogP contribution in [0.15, 0.2) is 36.4 Å². The molecular formula is C15H13ClO4. The summed E-state index contributed by atoms with van der Waals surface area (Å²) in [5.41, 5.74) is 0.758. The zero-order valence-electron chi connectivity index (χ0n) is 10.7. The number of phenolic OH excluding ortho intramolecular Hbond substituents is 1. The summed E-state index contributed by atoms with van der Waals surface area (Å²) in [6, 6.07) is 9.36. The fourth-order valence-electron chi connectivity index (χ4n) is 2.11. The number of halogens is 1. The number of carbonyl (C=O) groups is 1. The van der Waals surface area contributed by atoms with Crippen molar-refractivity contribution in [1.29, 1.82) is 0 Å². The summed E-state index contributed by atoms with van der Waals surface area (Å²) in [5.74, 6) is -2.17. The van der Waals surface area contributed by atoms with Crippen LogP contribution in [0.1, 0.15) is 34.3 Å². The molecular weight excluding hydrogens is 280 g/mol. The van der Waals surface area contributed by atoms with E-state index in [9.17, 15) is 15.0 Å². The topological polar surface area (TPSA) is 77.8 Å². The molecule has 0 amide bonds. The minimum absolute atomic E-state index is 0.144. The average Bonchev–Trinajstić information content (AvgIpc) is 2.38. The highest BCUT2D eigenvalue weighted by Crippen LogP contribution is 2.39. The predicted molar refractivity (Wildman–Crippen MR) is 75.7 cm³/mol. The molecule has 5 heteroatoms. The second-order valence-electron chi connectivity index (χ2n) is 4.47. The SMILES string of the molecule is CC(c1ccc(Cl)cc1)c1c(O)ccc(C(=O)O)c1O. The number of carboxylic acid groups (broad SMARTS) is 1. The van der Waals surface area contributed by atoms with E-state index in [4.69, 9.17) is 16.7 Å². The molecule has 0 aliphatic heterocycles. The molecule has 0 aliphatic carbocycles. The standard InChI is InChI=1S/C15H13ClO4/c1-8(9-2-4-10(16)5-3-9)13-12(17)7-6-11(14(13)18)15(19)20/h2-8,17-18H,1H3,(H,19,20). The van der Waals surface area contributed by atoms with E-state index in [1.54, 1.807) is 31.2 Å². The fraction of sp³-hybridized carbons (Fsp3) is 0.133. The quantitative estimate of drug-likeness (QED) is 0.807. The Morgan fingerprint density at radius 1 is 1.10 bits per heavy atom. The van der Waals surface area contributed by atoms with Gasteiger partial charge in [-0.05, 0) is 29.8 Å². The van der Waals surface area contributed by atoms with Gasteiger partial charge in [0.25, 0.3) is 0 Å². The minimum atomic E-state index is -1.24. The molecule has 1 unspecified atom stereocenters. The Labute approximate surface area is 120 Å². The normalized spacial score (nSPS) is 12.1. The molecule has 0 radical (unpaired) electrons. The number of aromatic carboxylic acids is 1. The highest BCUT2D eigenvalue weighted by Gasteiger charge is 2.22. The van der Waals surface area contributed by atoms with Crippen LogP contribution in [0.2, 0.25) is 5.02 Å². The molecule has 4 nitrogen and oxygen atoms in total. The molecule has 3 N–H and O–H groups in total. The van der Waals surface area contributed by atoms with Gasteiger partial charge in [-0.1, -0.05) is 30.7 Å². The number of rotatable bonds is 3. The van der Waals surface area contributed by atoms with Gasteiger partial charge in [-0.3, -0.25) is 0 Å². The van der Waals surface area contributed by atoms with Gasteiger partial charge in [0.05, 0.1) is 0 Å². The first-order valence-electron chi connectivity index (χ1n) is 5.95. The first-order chi connectivity index (χ1) is 9.41. The lowest BCUT2D eigenvalue weighted by Gasteiger charge is -2.17. The molecule has 0 aliphatic rings. The van der Waals surface area contributed by atoms with E-state index < -0.39 is 11.7 Å². The van der Waals surface area contributed by atoms with E-state index in [1.165, 1.54) is 12.1 Å². The maximum atomic E-state index is 11.0. The minimum Gasteiger partial charge on any atom is -0.508 e. The Kier molecular flexibility index (Phi) is 3.86. The Hall–Kier alpha value is -2.20. The van der Waals surface area contributed by atoms with Crippen molar-refractivity contribution in [3.63, 3.8) is 0 Å². The summed E-state index contributed by atoms with van der Waals surface area (Å²) >= 11 is 5.82. The van der Waals surface area contributed by atoms with Gasteiger partial charge in [-0.2, -0.15) is 0 Å². The Morgan fingerprint density at radius 3 is 2.25 bits per heavy atom. The van der Waals surface area contributed by atoms with E-state index in [1.807, 2.05) is 0 Å². The third kappa shape index (κ3) is 2.56. The fourth-order valence-corrected chi connectivity index (χ4v) is 2.24. The number of hydrogen-bond donors (Lipinski definition) is 3. The zero-order valence-corrected chi connectivity index (χ0v) is 11.4. The van der Waals surface area contributed by atoms with Gasteiger partial charge in [0.2, 0.25) is 0 Å². The molecule has 0 spiro atoms. The summed E-state index contributed by atoms with van der Waals surface area (Å²) in [5, 5.41) is 29.6. The molecule has 104 valence electrons. The third-order valence-electron chi connectivity index (χ3n) is 3.23. The van der Waals surface area contributed by atoms with Gasteiger partial charge in [0.1, 0.15) is 17.1 Å². The third-order valence-corrected chi connectivity index (χ3v) is 3.48. The highest BCUT2D eigenvalue weighted by molar-refractivity contribution is 6.30. The predicted octanol–water partition coefficient (Wildman–Crippen LogP) is 3.60. The van der Waals surface area contributed by atoms with Crippen molar-refractivity contribution in [2.45, 2.75) is 12.8 Å². The molecule has 0 saturated carbocycles. The number of aromatic hydroxyl groups is 2. The summed E-state index contributed by atoms with van der Waals surface area (Å²) < 4.78 is 0. The molecule has 0 bridgehead atoms. The number of carboxylic acids is 1. The van der Waals surface area contributed by atoms with E-state index in [-0.39, 0.29) is 22.8 Å². The van der Waals surface area contributed by atoms with Crippen molar-refractivity contribution in [1.82, 2.24) is 0 Å². The van der Waals surface area contributed by atoms with Crippen molar-refractivity contribution in [3.05, 3.63) is 58.1 Å². The molecule has 0 heterocycles. The van der Waals surface area contributed by atoms with Crippen LogP contribution in [0.3, 0.4) is 0 Å².